The Balaban J connectivity index is 2.35. The molecule has 0 bridgehead atoms. The first-order valence-corrected chi connectivity index (χ1v) is 6.99. The summed E-state index contributed by atoms with van der Waals surface area (Å²) < 4.78 is 2.03. The molecule has 5 nitrogen and oxygen atoms in total. The van der Waals surface area contributed by atoms with Crippen molar-refractivity contribution in [3.63, 3.8) is 0 Å². The molecule has 3 aromatic rings. The molecule has 3 N–H and O–H groups in total. The lowest BCUT2D eigenvalue weighted by Gasteiger charge is -2.09. The van der Waals surface area contributed by atoms with Gasteiger partial charge in [0.2, 0.25) is 0 Å². The normalized spacial score (nSPS) is 11.3. The first-order chi connectivity index (χ1) is 9.76. The number of aromatic nitrogens is 3. The molecule has 0 atom stereocenters. The van der Waals surface area contributed by atoms with E-state index in [0.29, 0.717) is 5.82 Å². The number of unbranched alkanes of at least 4 members (excludes halogenated alkanes) is 1. The first-order valence-electron chi connectivity index (χ1n) is 6.99. The van der Waals surface area contributed by atoms with Crippen LogP contribution in [0.15, 0.2) is 24.3 Å². The van der Waals surface area contributed by atoms with E-state index in [-0.39, 0.29) is 0 Å². The quantitative estimate of drug-likeness (QED) is 0.764. The van der Waals surface area contributed by atoms with Gasteiger partial charge >= 0.3 is 0 Å². The standard InChI is InChI=1S/C15H19N5/c1-3-4-9-12-19-13-14(20(12)17-2)10-7-5-6-8-11(10)18-15(13)16/h5-8,17H,3-4,9H2,1-2H3,(H2,16,18). The van der Waals surface area contributed by atoms with Crippen LogP contribution in [0.1, 0.15) is 25.6 Å². The van der Waals surface area contributed by atoms with Crippen molar-refractivity contribution < 1.29 is 0 Å². The van der Waals surface area contributed by atoms with Crippen LogP contribution in [-0.4, -0.2) is 21.7 Å². The highest BCUT2D eigenvalue weighted by Gasteiger charge is 2.16. The Kier molecular flexibility index (Phi) is 3.18. The van der Waals surface area contributed by atoms with Gasteiger partial charge in [-0.2, -0.15) is 0 Å². The molecule has 2 heterocycles. The minimum Gasteiger partial charge on any atom is -0.382 e. The number of anilines is 1. The Hall–Kier alpha value is -2.30. The van der Waals surface area contributed by atoms with E-state index in [1.54, 1.807) is 0 Å². The number of nitrogen functional groups attached to an aromatic ring is 1. The van der Waals surface area contributed by atoms with Gasteiger partial charge in [0.05, 0.1) is 5.52 Å². The molecule has 3 rings (SSSR count). The number of hydrogen-bond donors (Lipinski definition) is 2. The summed E-state index contributed by atoms with van der Waals surface area (Å²) in [5, 5.41) is 1.07. The van der Waals surface area contributed by atoms with Gasteiger partial charge in [0.1, 0.15) is 16.9 Å². The van der Waals surface area contributed by atoms with Crippen LogP contribution in [-0.2, 0) is 6.42 Å². The molecule has 0 aliphatic heterocycles. The van der Waals surface area contributed by atoms with Gasteiger partial charge in [0, 0.05) is 18.9 Å². The first kappa shape index (κ1) is 12.7. The lowest BCUT2D eigenvalue weighted by Crippen LogP contribution is -2.13. The third-order valence-corrected chi connectivity index (χ3v) is 3.57. The summed E-state index contributed by atoms with van der Waals surface area (Å²) in [6, 6.07) is 8.02. The number of imidazole rings is 1. The van der Waals surface area contributed by atoms with Gasteiger partial charge in [-0.3, -0.25) is 0 Å². The molecule has 5 heteroatoms. The number of fused-ring (bicyclic) bond motifs is 3. The molecule has 20 heavy (non-hydrogen) atoms. The minimum absolute atomic E-state index is 0.491. The molecule has 0 amide bonds. The van der Waals surface area contributed by atoms with Crippen molar-refractivity contribution in [1.82, 2.24) is 14.6 Å². The van der Waals surface area contributed by atoms with E-state index in [9.17, 15) is 0 Å². The lowest BCUT2D eigenvalue weighted by atomic mass is 10.2. The van der Waals surface area contributed by atoms with Crippen molar-refractivity contribution >= 4 is 27.8 Å². The zero-order chi connectivity index (χ0) is 14.1. The van der Waals surface area contributed by atoms with Crippen molar-refractivity contribution in [3.8, 4) is 0 Å². The predicted molar refractivity (Wildman–Crippen MR) is 83.3 cm³/mol. The Labute approximate surface area is 117 Å². The molecule has 0 saturated carbocycles. The van der Waals surface area contributed by atoms with Crippen LogP contribution in [0.2, 0.25) is 0 Å². The number of nitrogens with two attached hydrogens (primary N) is 1. The number of benzene rings is 1. The lowest BCUT2D eigenvalue weighted by molar-refractivity contribution is 0.725. The van der Waals surface area contributed by atoms with Gasteiger partial charge in [-0.05, 0) is 12.5 Å². The van der Waals surface area contributed by atoms with Gasteiger partial charge in [-0.25, -0.2) is 14.6 Å². The Morgan fingerprint density at radius 1 is 1.25 bits per heavy atom. The van der Waals surface area contributed by atoms with E-state index < -0.39 is 0 Å². The molecular weight excluding hydrogens is 250 g/mol. The van der Waals surface area contributed by atoms with Crippen molar-refractivity contribution in [2.75, 3.05) is 18.2 Å². The molecule has 104 valence electrons. The number of hydrogen-bond acceptors (Lipinski definition) is 4. The largest absolute Gasteiger partial charge is 0.382 e. The fourth-order valence-electron chi connectivity index (χ4n) is 2.59. The molecule has 0 saturated heterocycles. The summed E-state index contributed by atoms with van der Waals surface area (Å²) in [6.45, 7) is 2.18. The van der Waals surface area contributed by atoms with Crippen molar-refractivity contribution in [2.45, 2.75) is 26.2 Å². The van der Waals surface area contributed by atoms with Crippen LogP contribution < -0.4 is 11.2 Å². The summed E-state index contributed by atoms with van der Waals surface area (Å²) in [4.78, 5) is 9.13. The second-order valence-electron chi connectivity index (χ2n) is 4.90. The number of para-hydroxylation sites is 1. The van der Waals surface area contributed by atoms with E-state index in [0.717, 1.165) is 47.0 Å². The molecule has 0 spiro atoms. The average Bonchev–Trinajstić information content (AvgIpc) is 2.84. The van der Waals surface area contributed by atoms with Crippen LogP contribution in [0.4, 0.5) is 5.82 Å². The zero-order valence-electron chi connectivity index (χ0n) is 11.8. The van der Waals surface area contributed by atoms with Gasteiger partial charge in [-0.15, -0.1) is 0 Å². The van der Waals surface area contributed by atoms with E-state index in [1.165, 1.54) is 0 Å². The fraction of sp³-hybridized carbons (Fsp3) is 0.333. The van der Waals surface area contributed by atoms with Crippen molar-refractivity contribution in [3.05, 3.63) is 30.1 Å². The average molecular weight is 269 g/mol. The predicted octanol–water partition coefficient (Wildman–Crippen LogP) is 2.68. The van der Waals surface area contributed by atoms with Crippen molar-refractivity contribution in [2.24, 2.45) is 0 Å². The topological polar surface area (TPSA) is 68.8 Å². The molecule has 0 fully saturated rings. The minimum atomic E-state index is 0.491. The third-order valence-electron chi connectivity index (χ3n) is 3.57. The monoisotopic (exact) mass is 269 g/mol. The smallest absolute Gasteiger partial charge is 0.152 e. The summed E-state index contributed by atoms with van der Waals surface area (Å²) in [5.74, 6) is 1.50. The van der Waals surface area contributed by atoms with Crippen LogP contribution in [0.3, 0.4) is 0 Å². The van der Waals surface area contributed by atoms with Gasteiger partial charge < -0.3 is 11.2 Å². The zero-order valence-corrected chi connectivity index (χ0v) is 11.8. The van der Waals surface area contributed by atoms with E-state index >= 15 is 0 Å². The summed E-state index contributed by atoms with van der Waals surface area (Å²) >= 11 is 0. The molecule has 2 aromatic heterocycles. The second kappa shape index (κ2) is 5.00. The maximum atomic E-state index is 6.07. The number of pyridine rings is 1. The molecule has 0 aliphatic rings. The fourth-order valence-corrected chi connectivity index (χ4v) is 2.59. The van der Waals surface area contributed by atoms with Crippen molar-refractivity contribution in [1.29, 1.82) is 0 Å². The number of rotatable bonds is 4. The SMILES string of the molecule is CCCCc1nc2c(N)nc3ccccc3c2n1NC. The highest BCUT2D eigenvalue weighted by molar-refractivity contribution is 6.06. The van der Waals surface area contributed by atoms with E-state index in [2.05, 4.69) is 28.4 Å². The third kappa shape index (κ3) is 1.86. The summed E-state index contributed by atoms with van der Waals surface area (Å²) in [6.07, 6.45) is 3.18. The molecule has 0 aliphatic carbocycles. The highest BCUT2D eigenvalue weighted by atomic mass is 15.4. The maximum absolute atomic E-state index is 6.07. The Morgan fingerprint density at radius 2 is 2.05 bits per heavy atom. The number of aryl methyl sites for hydroxylation is 1. The molecule has 0 radical (unpaired) electrons. The Morgan fingerprint density at radius 3 is 2.80 bits per heavy atom. The highest BCUT2D eigenvalue weighted by Crippen LogP contribution is 2.28. The summed E-state index contributed by atoms with van der Waals surface area (Å²) in [7, 11) is 1.90. The van der Waals surface area contributed by atoms with Crippen LogP contribution in [0.5, 0.6) is 0 Å². The van der Waals surface area contributed by atoms with Gasteiger partial charge in [-0.1, -0.05) is 31.5 Å². The number of nitrogens with one attached hydrogen (secondary N) is 1. The Bertz CT molecular complexity index is 760. The van der Waals surface area contributed by atoms with Gasteiger partial charge in [0.25, 0.3) is 0 Å². The van der Waals surface area contributed by atoms with Crippen LogP contribution >= 0.6 is 0 Å². The molecule has 0 unspecified atom stereocenters. The number of nitrogens with zero attached hydrogens (tertiary/aromatic N) is 3. The van der Waals surface area contributed by atoms with Gasteiger partial charge in [0.15, 0.2) is 5.82 Å². The maximum Gasteiger partial charge on any atom is 0.152 e. The van der Waals surface area contributed by atoms with E-state index in [1.807, 2.05) is 29.9 Å². The summed E-state index contributed by atoms with van der Waals surface area (Å²) in [5.41, 5.74) is 12.0. The molecule has 1 aromatic carbocycles. The molecular formula is C15H19N5. The van der Waals surface area contributed by atoms with E-state index in [4.69, 9.17) is 5.73 Å². The van der Waals surface area contributed by atoms with Crippen LogP contribution in [0.25, 0.3) is 21.9 Å². The second-order valence-corrected chi connectivity index (χ2v) is 4.90. The van der Waals surface area contributed by atoms with Crippen LogP contribution in [0, 0.1) is 0 Å².